The lowest BCUT2D eigenvalue weighted by Gasteiger charge is -2.14. The molecule has 0 aliphatic rings. The molecule has 136 valence electrons. The Hall–Kier alpha value is -3.58. The van der Waals surface area contributed by atoms with Crippen LogP contribution in [0.3, 0.4) is 0 Å². The summed E-state index contributed by atoms with van der Waals surface area (Å²) in [6.07, 6.45) is 3.25. The largest absolute Gasteiger partial charge is 0.351 e. The Kier molecular flexibility index (Phi) is 4.06. The maximum absolute atomic E-state index is 13.4. The summed E-state index contributed by atoms with van der Waals surface area (Å²) in [4.78, 5) is 27.6. The van der Waals surface area contributed by atoms with Crippen molar-refractivity contribution in [1.29, 1.82) is 0 Å². The van der Waals surface area contributed by atoms with Crippen LogP contribution in [0.5, 0.6) is 0 Å². The van der Waals surface area contributed by atoms with Gasteiger partial charge in [0.05, 0.1) is 5.69 Å². The quantitative estimate of drug-likeness (QED) is 0.506. The van der Waals surface area contributed by atoms with Crippen molar-refractivity contribution in [3.63, 3.8) is 0 Å². The lowest BCUT2D eigenvalue weighted by atomic mass is 10.2. The number of nitrogens with zero attached hydrogens (tertiary/aromatic N) is 4. The highest BCUT2D eigenvalue weighted by atomic mass is 32.1. The molecule has 2 aromatic carbocycles. The Morgan fingerprint density at radius 3 is 2.39 bits per heavy atom. The van der Waals surface area contributed by atoms with Crippen molar-refractivity contribution in [3.8, 4) is 5.69 Å². The van der Waals surface area contributed by atoms with Gasteiger partial charge in [-0.05, 0) is 17.7 Å². The zero-order valence-electron chi connectivity index (χ0n) is 14.7. The van der Waals surface area contributed by atoms with Crippen molar-refractivity contribution in [1.82, 2.24) is 19.5 Å². The summed E-state index contributed by atoms with van der Waals surface area (Å²) in [6.45, 7) is 0.555. The fourth-order valence-corrected chi connectivity index (χ4v) is 4.10. The number of hydrogen-bond acceptors (Lipinski definition) is 6. The maximum atomic E-state index is 13.4. The molecule has 6 nitrogen and oxygen atoms in total. The number of nitrogens with one attached hydrogen (secondary N) is 1. The van der Waals surface area contributed by atoms with Crippen molar-refractivity contribution >= 4 is 37.8 Å². The number of hydrogen-bond donors (Lipinski definition) is 1. The number of para-hydroxylation sites is 1. The monoisotopic (exact) mass is 385 g/mol. The van der Waals surface area contributed by atoms with E-state index in [-0.39, 0.29) is 5.56 Å². The molecule has 1 N–H and O–H groups in total. The van der Waals surface area contributed by atoms with Gasteiger partial charge in [0, 0.05) is 18.9 Å². The second kappa shape index (κ2) is 6.86. The number of aromatic nitrogens is 4. The molecule has 0 amide bonds. The molecule has 0 atom stereocenters. The summed E-state index contributed by atoms with van der Waals surface area (Å²) < 4.78 is 2.16. The smallest absolute Gasteiger partial charge is 0.277 e. The molecule has 0 saturated carbocycles. The molecule has 0 fully saturated rings. The summed E-state index contributed by atoms with van der Waals surface area (Å²) in [5.41, 5.74) is 2.97. The van der Waals surface area contributed by atoms with Gasteiger partial charge in [0.25, 0.3) is 5.56 Å². The third-order valence-corrected chi connectivity index (χ3v) is 5.50. The van der Waals surface area contributed by atoms with Gasteiger partial charge < -0.3 is 5.32 Å². The molecule has 0 aliphatic carbocycles. The van der Waals surface area contributed by atoms with Crippen molar-refractivity contribution in [2.75, 3.05) is 5.32 Å². The summed E-state index contributed by atoms with van der Waals surface area (Å²) in [6, 6.07) is 19.5. The van der Waals surface area contributed by atoms with Gasteiger partial charge in [0.2, 0.25) is 5.95 Å². The van der Waals surface area contributed by atoms with Crippen LogP contribution in [0.1, 0.15) is 5.56 Å². The van der Waals surface area contributed by atoms with Crippen LogP contribution in [-0.4, -0.2) is 19.5 Å². The maximum Gasteiger partial charge on any atom is 0.277 e. The average molecular weight is 385 g/mol. The van der Waals surface area contributed by atoms with E-state index in [2.05, 4.69) is 15.3 Å². The van der Waals surface area contributed by atoms with Crippen LogP contribution >= 0.6 is 11.3 Å². The average Bonchev–Trinajstić information content (AvgIpc) is 3.13. The van der Waals surface area contributed by atoms with Gasteiger partial charge in [-0.15, -0.1) is 11.3 Å². The lowest BCUT2D eigenvalue weighted by molar-refractivity contribution is 0.941. The molecule has 5 rings (SSSR count). The molecule has 3 heterocycles. The molecule has 5 aromatic rings. The molecular formula is C21H15N5OS. The second-order valence-electron chi connectivity index (χ2n) is 6.24. The first-order chi connectivity index (χ1) is 13.8. The number of rotatable bonds is 4. The third kappa shape index (κ3) is 2.82. The first kappa shape index (κ1) is 16.6. The number of anilines is 1. The van der Waals surface area contributed by atoms with Crippen LogP contribution in [-0.2, 0) is 6.54 Å². The fraction of sp³-hybridized carbons (Fsp3) is 0.0476. The first-order valence-electron chi connectivity index (χ1n) is 8.81. The van der Waals surface area contributed by atoms with Gasteiger partial charge >= 0.3 is 0 Å². The van der Waals surface area contributed by atoms with Crippen LogP contribution in [0.2, 0.25) is 0 Å². The van der Waals surface area contributed by atoms with E-state index in [0.717, 1.165) is 11.3 Å². The van der Waals surface area contributed by atoms with Gasteiger partial charge in [0.1, 0.15) is 20.6 Å². The van der Waals surface area contributed by atoms with Gasteiger partial charge in [-0.3, -0.25) is 4.79 Å². The molecule has 0 bridgehead atoms. The summed E-state index contributed by atoms with van der Waals surface area (Å²) in [7, 11) is 0. The van der Waals surface area contributed by atoms with Crippen LogP contribution in [0.25, 0.3) is 26.3 Å². The predicted molar refractivity (Wildman–Crippen MR) is 112 cm³/mol. The molecule has 3 aromatic heterocycles. The summed E-state index contributed by atoms with van der Waals surface area (Å²) in [5, 5.41) is 3.32. The fourth-order valence-electron chi connectivity index (χ4n) is 3.13. The van der Waals surface area contributed by atoms with E-state index in [0.29, 0.717) is 33.1 Å². The normalized spacial score (nSPS) is 11.1. The van der Waals surface area contributed by atoms with Crippen molar-refractivity contribution in [2.45, 2.75) is 6.54 Å². The Labute approximate surface area is 164 Å². The zero-order chi connectivity index (χ0) is 18.9. The van der Waals surface area contributed by atoms with Crippen LogP contribution in [0.4, 0.5) is 5.95 Å². The Balaban J connectivity index is 1.73. The van der Waals surface area contributed by atoms with Crippen LogP contribution in [0.15, 0.2) is 77.9 Å². The minimum atomic E-state index is -0.128. The predicted octanol–water partition coefficient (Wildman–Crippen LogP) is 4.00. The van der Waals surface area contributed by atoms with Gasteiger partial charge in [-0.2, -0.15) is 0 Å². The van der Waals surface area contributed by atoms with Gasteiger partial charge in [-0.1, -0.05) is 48.5 Å². The Morgan fingerprint density at radius 2 is 1.61 bits per heavy atom. The third-order valence-electron chi connectivity index (χ3n) is 4.44. The van der Waals surface area contributed by atoms with Gasteiger partial charge in [-0.25, -0.2) is 19.5 Å². The SMILES string of the molecule is O=c1c2sc3nccnc3c2nc(NCc2ccccc2)n1-c1ccccc1. The number of benzene rings is 2. The second-order valence-corrected chi connectivity index (χ2v) is 7.24. The minimum absolute atomic E-state index is 0.128. The van der Waals surface area contributed by atoms with E-state index in [9.17, 15) is 4.79 Å². The zero-order valence-corrected chi connectivity index (χ0v) is 15.6. The van der Waals surface area contributed by atoms with Crippen LogP contribution < -0.4 is 10.9 Å². The molecule has 0 spiro atoms. The van der Waals surface area contributed by atoms with E-state index >= 15 is 0 Å². The molecule has 7 heteroatoms. The van der Waals surface area contributed by atoms with Crippen molar-refractivity contribution in [3.05, 3.63) is 89.0 Å². The molecular weight excluding hydrogens is 370 g/mol. The highest BCUT2D eigenvalue weighted by Crippen LogP contribution is 2.29. The van der Waals surface area contributed by atoms with E-state index in [4.69, 9.17) is 4.98 Å². The summed E-state index contributed by atoms with van der Waals surface area (Å²) >= 11 is 1.32. The number of fused-ring (bicyclic) bond motifs is 3. The van der Waals surface area contributed by atoms with Crippen molar-refractivity contribution < 1.29 is 0 Å². The van der Waals surface area contributed by atoms with E-state index < -0.39 is 0 Å². The van der Waals surface area contributed by atoms with Crippen LogP contribution in [0, 0.1) is 0 Å². The Morgan fingerprint density at radius 1 is 0.893 bits per heavy atom. The molecule has 0 saturated heterocycles. The molecule has 0 aliphatic heterocycles. The molecule has 0 radical (unpaired) electrons. The van der Waals surface area contributed by atoms with E-state index in [1.165, 1.54) is 11.3 Å². The van der Waals surface area contributed by atoms with Gasteiger partial charge in [0.15, 0.2) is 0 Å². The topological polar surface area (TPSA) is 72.7 Å². The first-order valence-corrected chi connectivity index (χ1v) is 9.62. The van der Waals surface area contributed by atoms with Crippen molar-refractivity contribution in [2.24, 2.45) is 0 Å². The van der Waals surface area contributed by atoms with E-state index in [1.807, 2.05) is 60.7 Å². The highest BCUT2D eigenvalue weighted by molar-refractivity contribution is 7.25. The molecule has 0 unspecified atom stereocenters. The minimum Gasteiger partial charge on any atom is -0.351 e. The Bertz CT molecular complexity index is 1330. The number of thiophene rings is 1. The standard InChI is InChI=1S/C21H15N5OS/c27-20-18-16(17-19(28-18)23-12-11-22-17)25-21(24-13-14-7-3-1-4-8-14)26(20)15-9-5-2-6-10-15/h1-12H,13H2,(H,24,25). The molecule has 28 heavy (non-hydrogen) atoms. The highest BCUT2D eigenvalue weighted by Gasteiger charge is 2.18. The lowest BCUT2D eigenvalue weighted by Crippen LogP contribution is -2.23. The summed E-state index contributed by atoms with van der Waals surface area (Å²) in [5.74, 6) is 0.484. The van der Waals surface area contributed by atoms with E-state index in [1.54, 1.807) is 17.0 Å².